The molecule has 1 aromatic heterocycles. The number of nitrogens with zero attached hydrogens (tertiary/aromatic N) is 3. The highest BCUT2D eigenvalue weighted by atomic mass is 35.5. The summed E-state index contributed by atoms with van der Waals surface area (Å²) in [5.41, 5.74) is -1.46. The number of rotatable bonds is 4. The van der Waals surface area contributed by atoms with Crippen LogP contribution in [0.4, 0.5) is 4.79 Å². The predicted octanol–water partition coefficient (Wildman–Crippen LogP) is 1.75. The second kappa shape index (κ2) is 6.58. The molecule has 1 aromatic rings. The number of halogens is 1. The maximum absolute atomic E-state index is 11.9. The van der Waals surface area contributed by atoms with Gasteiger partial charge in [0.05, 0.1) is 0 Å². The Bertz CT molecular complexity index is 603. The van der Waals surface area contributed by atoms with Crippen molar-refractivity contribution in [2.75, 3.05) is 13.1 Å². The molecule has 1 atom stereocenters. The van der Waals surface area contributed by atoms with E-state index in [1.54, 1.807) is 20.8 Å². The molecule has 2 rings (SSSR count). The summed E-state index contributed by atoms with van der Waals surface area (Å²) in [5, 5.41) is 16.0. The van der Waals surface area contributed by atoms with E-state index in [2.05, 4.69) is 14.9 Å². The topological polar surface area (TPSA) is 105 Å². The van der Waals surface area contributed by atoms with Crippen molar-refractivity contribution in [3.05, 3.63) is 10.0 Å². The van der Waals surface area contributed by atoms with Crippen LogP contribution >= 0.6 is 23.1 Å². The minimum atomic E-state index is -1.38. The van der Waals surface area contributed by atoms with Gasteiger partial charge in [-0.15, -0.1) is 5.10 Å². The maximum Gasteiger partial charge on any atom is 0.408 e. The summed E-state index contributed by atoms with van der Waals surface area (Å²) in [7, 11) is 0. The van der Waals surface area contributed by atoms with Crippen molar-refractivity contribution >= 4 is 35.2 Å². The van der Waals surface area contributed by atoms with Gasteiger partial charge in [-0.05, 0) is 27.2 Å². The number of carboxylic acids is 1. The van der Waals surface area contributed by atoms with Crippen LogP contribution in [0.25, 0.3) is 0 Å². The number of carbonyl (C=O) groups is 2. The van der Waals surface area contributed by atoms with Crippen molar-refractivity contribution in [3.63, 3.8) is 0 Å². The van der Waals surface area contributed by atoms with Crippen LogP contribution in [-0.2, 0) is 16.1 Å². The van der Waals surface area contributed by atoms with Crippen LogP contribution in [0.1, 0.15) is 32.9 Å². The first-order chi connectivity index (χ1) is 10.6. The first-order valence-electron chi connectivity index (χ1n) is 7.05. The molecular formula is C13H19ClN4O4S. The molecule has 0 spiro atoms. The summed E-state index contributed by atoms with van der Waals surface area (Å²) >= 11 is 7.05. The second-order valence-electron chi connectivity index (χ2n) is 6.47. The zero-order chi connectivity index (χ0) is 17.3. The Kier molecular flexibility index (Phi) is 5.12. The van der Waals surface area contributed by atoms with Gasteiger partial charge < -0.3 is 15.2 Å². The van der Waals surface area contributed by atoms with Crippen molar-refractivity contribution in [2.45, 2.75) is 44.9 Å². The number of aromatic nitrogens is 2. The summed E-state index contributed by atoms with van der Waals surface area (Å²) in [6.45, 7) is 6.19. The molecule has 0 aliphatic carbocycles. The normalized spacial score (nSPS) is 22.1. The van der Waals surface area contributed by atoms with Crippen LogP contribution < -0.4 is 5.32 Å². The highest BCUT2D eigenvalue weighted by molar-refractivity contribution is 7.10. The molecule has 128 valence electrons. The quantitative estimate of drug-likeness (QED) is 0.840. The Morgan fingerprint density at radius 2 is 2.22 bits per heavy atom. The Balaban J connectivity index is 2.04. The van der Waals surface area contributed by atoms with Gasteiger partial charge >= 0.3 is 12.1 Å². The van der Waals surface area contributed by atoms with Crippen LogP contribution in [0.15, 0.2) is 0 Å². The maximum atomic E-state index is 11.9. The van der Waals surface area contributed by atoms with Crippen LogP contribution in [0.3, 0.4) is 0 Å². The van der Waals surface area contributed by atoms with Crippen molar-refractivity contribution in [1.29, 1.82) is 0 Å². The Morgan fingerprint density at radius 3 is 2.74 bits per heavy atom. The van der Waals surface area contributed by atoms with Crippen molar-refractivity contribution in [3.8, 4) is 0 Å². The zero-order valence-corrected chi connectivity index (χ0v) is 14.7. The van der Waals surface area contributed by atoms with E-state index in [1.165, 1.54) is 0 Å². The van der Waals surface area contributed by atoms with E-state index in [0.717, 1.165) is 11.5 Å². The van der Waals surface area contributed by atoms with Crippen molar-refractivity contribution in [1.82, 2.24) is 19.8 Å². The standard InChI is InChI=1S/C13H19ClN4O4S/c1-12(2,3)22-11(21)15-13(10(19)20)4-5-18(7-13)6-8-9(14)23-17-16-8/h4-7H2,1-3H3,(H,15,21)(H,19,20). The van der Waals surface area contributed by atoms with Crippen LogP contribution in [0.2, 0.25) is 4.34 Å². The molecule has 0 saturated carbocycles. The fraction of sp³-hybridized carbons (Fsp3) is 0.692. The fourth-order valence-corrected chi connectivity index (χ4v) is 2.97. The number of alkyl carbamates (subject to hydrolysis) is 1. The summed E-state index contributed by atoms with van der Waals surface area (Å²) in [4.78, 5) is 25.5. The molecule has 0 bridgehead atoms. The molecule has 2 heterocycles. The van der Waals surface area contributed by atoms with Gasteiger partial charge in [-0.1, -0.05) is 16.1 Å². The number of aliphatic carboxylic acids is 1. The van der Waals surface area contributed by atoms with Gasteiger partial charge in [-0.25, -0.2) is 9.59 Å². The smallest absolute Gasteiger partial charge is 0.408 e. The van der Waals surface area contributed by atoms with E-state index < -0.39 is 23.2 Å². The van der Waals surface area contributed by atoms with E-state index in [9.17, 15) is 14.7 Å². The van der Waals surface area contributed by atoms with Crippen molar-refractivity contribution in [2.24, 2.45) is 0 Å². The molecule has 10 heteroatoms. The van der Waals surface area contributed by atoms with E-state index in [0.29, 0.717) is 23.1 Å². The molecule has 2 N–H and O–H groups in total. The number of carbonyl (C=O) groups excluding carboxylic acids is 1. The van der Waals surface area contributed by atoms with Gasteiger partial charge in [0.15, 0.2) is 5.54 Å². The van der Waals surface area contributed by atoms with Crippen LogP contribution in [0.5, 0.6) is 0 Å². The Labute approximate surface area is 142 Å². The lowest BCUT2D eigenvalue weighted by Crippen LogP contribution is -2.57. The van der Waals surface area contributed by atoms with Crippen LogP contribution in [0, 0.1) is 0 Å². The largest absolute Gasteiger partial charge is 0.479 e. The second-order valence-corrected chi connectivity index (χ2v) is 7.82. The molecular weight excluding hydrogens is 344 g/mol. The first kappa shape index (κ1) is 17.9. The van der Waals surface area contributed by atoms with Gasteiger partial charge in [-0.2, -0.15) is 0 Å². The molecule has 1 fully saturated rings. The first-order valence-corrected chi connectivity index (χ1v) is 8.20. The Hall–Kier alpha value is -1.45. The van der Waals surface area contributed by atoms with E-state index in [4.69, 9.17) is 16.3 Å². The monoisotopic (exact) mass is 362 g/mol. The molecule has 0 radical (unpaired) electrons. The Morgan fingerprint density at radius 1 is 1.52 bits per heavy atom. The molecule has 23 heavy (non-hydrogen) atoms. The van der Waals surface area contributed by atoms with Gasteiger partial charge in [0, 0.05) is 31.2 Å². The van der Waals surface area contributed by atoms with E-state index in [1.807, 2.05) is 4.90 Å². The summed E-state index contributed by atoms with van der Waals surface area (Å²) < 4.78 is 9.40. The number of nitrogens with one attached hydrogen (secondary N) is 1. The summed E-state index contributed by atoms with van der Waals surface area (Å²) in [6, 6.07) is 0. The third kappa shape index (κ3) is 4.52. The zero-order valence-electron chi connectivity index (χ0n) is 13.1. The number of ether oxygens (including phenoxy) is 1. The number of carboxylic acid groups (broad SMARTS) is 1. The molecule has 1 aliphatic heterocycles. The van der Waals surface area contributed by atoms with Crippen LogP contribution in [-0.4, -0.2) is 55.9 Å². The highest BCUT2D eigenvalue weighted by Gasteiger charge is 2.47. The SMILES string of the molecule is CC(C)(C)OC(=O)NC1(C(=O)O)CCN(Cc2nnsc2Cl)C1. The molecule has 1 amide bonds. The predicted molar refractivity (Wildman–Crippen MR) is 84.5 cm³/mol. The molecule has 1 saturated heterocycles. The lowest BCUT2D eigenvalue weighted by molar-refractivity contribution is -0.144. The summed E-state index contributed by atoms with van der Waals surface area (Å²) in [5.74, 6) is -1.09. The lowest BCUT2D eigenvalue weighted by atomic mass is 9.99. The average Bonchev–Trinajstić information content (AvgIpc) is 2.96. The fourth-order valence-electron chi connectivity index (χ4n) is 2.36. The molecule has 1 aliphatic rings. The van der Waals surface area contributed by atoms with Crippen molar-refractivity contribution < 1.29 is 19.4 Å². The third-order valence-electron chi connectivity index (χ3n) is 3.38. The lowest BCUT2D eigenvalue weighted by Gasteiger charge is -2.28. The average molecular weight is 363 g/mol. The van der Waals surface area contributed by atoms with E-state index in [-0.39, 0.29) is 13.0 Å². The highest BCUT2D eigenvalue weighted by Crippen LogP contribution is 2.26. The summed E-state index contributed by atoms with van der Waals surface area (Å²) in [6.07, 6.45) is -0.466. The number of amides is 1. The van der Waals surface area contributed by atoms with Gasteiger partial charge in [0.25, 0.3) is 0 Å². The number of hydrogen-bond acceptors (Lipinski definition) is 7. The molecule has 1 unspecified atom stereocenters. The third-order valence-corrected chi connectivity index (χ3v) is 4.37. The molecule has 0 aromatic carbocycles. The van der Waals surface area contributed by atoms with Gasteiger partial charge in [-0.3, -0.25) is 4.90 Å². The molecule has 8 nitrogen and oxygen atoms in total. The van der Waals surface area contributed by atoms with Gasteiger partial charge in [0.1, 0.15) is 15.6 Å². The minimum Gasteiger partial charge on any atom is -0.479 e. The number of hydrogen-bond donors (Lipinski definition) is 2. The van der Waals surface area contributed by atoms with E-state index >= 15 is 0 Å². The minimum absolute atomic E-state index is 0.148. The van der Waals surface area contributed by atoms with Gasteiger partial charge in [0.2, 0.25) is 0 Å². The number of likely N-dealkylation sites (tertiary alicyclic amines) is 1.